The summed E-state index contributed by atoms with van der Waals surface area (Å²) >= 11 is 3.49. The molecule has 0 heterocycles. The molecule has 3 nitrogen and oxygen atoms in total. The average Bonchev–Trinajstić information content (AvgIpc) is 1.69. The Hall–Kier alpha value is 0.230. The van der Waals surface area contributed by atoms with Crippen LogP contribution in [0.15, 0.2) is 0 Å². The third kappa shape index (κ3) is 6.23. The van der Waals surface area contributed by atoms with Crippen molar-refractivity contribution >= 4 is 12.9 Å². The molecule has 0 fully saturated rings. The molecule has 0 radical (unpaired) electrons. The van der Waals surface area contributed by atoms with Crippen LogP contribution in [0.4, 0.5) is 0 Å². The molecule has 1 N–H and O–H groups in total. The summed E-state index contributed by atoms with van der Waals surface area (Å²) < 4.78 is 4.37. The van der Waals surface area contributed by atoms with Crippen molar-refractivity contribution in [3.63, 3.8) is 0 Å². The fourth-order valence-electron chi connectivity index (χ4n) is 0.181. The molecule has 4 heteroatoms. The van der Waals surface area contributed by atoms with Gasteiger partial charge in [-0.25, -0.2) is 5.48 Å². The highest BCUT2D eigenvalue weighted by molar-refractivity contribution is 7.75. The van der Waals surface area contributed by atoms with Crippen LogP contribution in [0.1, 0.15) is 0 Å². The van der Waals surface area contributed by atoms with Gasteiger partial charge in [-0.3, -0.25) is 4.84 Å². The van der Waals surface area contributed by atoms with Crippen LogP contribution < -0.4 is 5.48 Å². The van der Waals surface area contributed by atoms with E-state index >= 15 is 0 Å². The minimum atomic E-state index is 0.504. The molecule has 0 saturated heterocycles. The standard InChI is InChI=1S/C3H9NO2S/c1-4-5-2-3-6-7/h4,7H,2-3H2,1H3. The van der Waals surface area contributed by atoms with Crippen LogP contribution in [0.3, 0.4) is 0 Å². The molecule has 0 atom stereocenters. The lowest BCUT2D eigenvalue weighted by Crippen LogP contribution is -2.10. The van der Waals surface area contributed by atoms with E-state index in [1.807, 2.05) is 0 Å². The summed E-state index contributed by atoms with van der Waals surface area (Å²) in [5, 5.41) is 0. The molecule has 0 spiro atoms. The molecule has 0 aliphatic carbocycles. The number of hydrogen-bond acceptors (Lipinski definition) is 4. The highest BCUT2D eigenvalue weighted by Gasteiger charge is 1.78. The highest BCUT2D eigenvalue weighted by Crippen LogP contribution is 1.75. The van der Waals surface area contributed by atoms with E-state index in [1.54, 1.807) is 7.05 Å². The maximum absolute atomic E-state index is 4.65. The Kier molecular flexibility index (Phi) is 6.43. The first-order chi connectivity index (χ1) is 3.41. The van der Waals surface area contributed by atoms with E-state index in [-0.39, 0.29) is 0 Å². The fourth-order valence-corrected chi connectivity index (χ4v) is 0.256. The molecular weight excluding hydrogens is 114 g/mol. The molecule has 0 aromatic rings. The van der Waals surface area contributed by atoms with E-state index in [0.29, 0.717) is 13.2 Å². The minimum absolute atomic E-state index is 0.504. The summed E-state index contributed by atoms with van der Waals surface area (Å²) in [7, 11) is 1.69. The molecular formula is C3H9NO2S. The molecule has 0 unspecified atom stereocenters. The van der Waals surface area contributed by atoms with E-state index in [2.05, 4.69) is 27.4 Å². The van der Waals surface area contributed by atoms with Gasteiger partial charge in [0.15, 0.2) is 0 Å². The zero-order valence-corrected chi connectivity index (χ0v) is 5.07. The summed E-state index contributed by atoms with van der Waals surface area (Å²) in [4.78, 5) is 4.65. The van der Waals surface area contributed by atoms with Gasteiger partial charge in [-0.2, -0.15) is 0 Å². The van der Waals surface area contributed by atoms with E-state index in [4.69, 9.17) is 0 Å². The van der Waals surface area contributed by atoms with Gasteiger partial charge in [0.1, 0.15) is 0 Å². The summed E-state index contributed by atoms with van der Waals surface area (Å²) in [6.07, 6.45) is 0. The Morgan fingerprint density at radius 2 is 2.29 bits per heavy atom. The van der Waals surface area contributed by atoms with Crippen molar-refractivity contribution in [2.45, 2.75) is 0 Å². The Bertz CT molecular complexity index is 32.1. The van der Waals surface area contributed by atoms with Gasteiger partial charge in [-0.15, -0.1) is 0 Å². The maximum Gasteiger partial charge on any atom is 0.0928 e. The van der Waals surface area contributed by atoms with Gasteiger partial charge in [0.2, 0.25) is 0 Å². The second-order valence-electron chi connectivity index (χ2n) is 0.886. The Labute approximate surface area is 48.6 Å². The molecule has 0 aliphatic rings. The Balaban J connectivity index is 2.45. The van der Waals surface area contributed by atoms with Crippen LogP contribution >= 0.6 is 12.9 Å². The van der Waals surface area contributed by atoms with Gasteiger partial charge in [0, 0.05) is 7.05 Å². The third-order valence-corrected chi connectivity index (χ3v) is 0.604. The molecule has 0 aromatic heterocycles. The van der Waals surface area contributed by atoms with E-state index in [1.165, 1.54) is 0 Å². The van der Waals surface area contributed by atoms with Crippen LogP contribution in [0, 0.1) is 0 Å². The van der Waals surface area contributed by atoms with Gasteiger partial charge >= 0.3 is 0 Å². The first-order valence-electron chi connectivity index (χ1n) is 1.96. The smallest absolute Gasteiger partial charge is 0.0928 e. The number of hydrogen-bond donors (Lipinski definition) is 2. The van der Waals surface area contributed by atoms with Gasteiger partial charge < -0.3 is 4.18 Å². The molecule has 0 saturated carbocycles. The molecule has 0 aliphatic heterocycles. The van der Waals surface area contributed by atoms with Crippen LogP contribution in [-0.2, 0) is 9.02 Å². The monoisotopic (exact) mass is 123 g/mol. The SMILES string of the molecule is CNOCCOS. The van der Waals surface area contributed by atoms with Gasteiger partial charge in [0.05, 0.1) is 13.2 Å². The van der Waals surface area contributed by atoms with Crippen LogP contribution in [0.2, 0.25) is 0 Å². The van der Waals surface area contributed by atoms with E-state index in [0.717, 1.165) is 0 Å². The predicted molar refractivity (Wildman–Crippen MR) is 29.9 cm³/mol. The number of thiol groups is 1. The maximum atomic E-state index is 4.65. The zero-order chi connectivity index (χ0) is 5.54. The summed E-state index contributed by atoms with van der Waals surface area (Å²) in [5.74, 6) is 0. The Morgan fingerprint density at radius 3 is 2.71 bits per heavy atom. The second-order valence-corrected chi connectivity index (χ2v) is 1.14. The summed E-state index contributed by atoms with van der Waals surface area (Å²) in [5.41, 5.74) is 2.49. The second kappa shape index (κ2) is 6.23. The van der Waals surface area contributed by atoms with Crippen molar-refractivity contribution in [2.24, 2.45) is 0 Å². The summed E-state index contributed by atoms with van der Waals surface area (Å²) in [6.45, 7) is 1.03. The zero-order valence-electron chi connectivity index (χ0n) is 4.18. The van der Waals surface area contributed by atoms with Crippen molar-refractivity contribution in [3.05, 3.63) is 0 Å². The molecule has 0 rings (SSSR count). The third-order valence-electron chi connectivity index (χ3n) is 0.421. The number of rotatable bonds is 4. The van der Waals surface area contributed by atoms with Gasteiger partial charge in [0.25, 0.3) is 0 Å². The van der Waals surface area contributed by atoms with E-state index in [9.17, 15) is 0 Å². The lowest BCUT2D eigenvalue weighted by Gasteiger charge is -1.95. The highest BCUT2D eigenvalue weighted by atomic mass is 32.1. The normalized spacial score (nSPS) is 9.43. The molecule has 0 aromatic carbocycles. The van der Waals surface area contributed by atoms with Crippen molar-refractivity contribution in [2.75, 3.05) is 20.3 Å². The van der Waals surface area contributed by atoms with Crippen molar-refractivity contribution in [1.82, 2.24) is 5.48 Å². The lowest BCUT2D eigenvalue weighted by molar-refractivity contribution is 0.0411. The van der Waals surface area contributed by atoms with Crippen LogP contribution in [-0.4, -0.2) is 20.3 Å². The molecule has 7 heavy (non-hydrogen) atoms. The fraction of sp³-hybridized carbons (Fsp3) is 1.00. The largest absolute Gasteiger partial charge is 0.316 e. The van der Waals surface area contributed by atoms with Crippen LogP contribution in [0.25, 0.3) is 0 Å². The molecule has 44 valence electrons. The average molecular weight is 123 g/mol. The van der Waals surface area contributed by atoms with Gasteiger partial charge in [-0.1, -0.05) is 0 Å². The Morgan fingerprint density at radius 1 is 1.57 bits per heavy atom. The quantitative estimate of drug-likeness (QED) is 0.239. The summed E-state index contributed by atoms with van der Waals surface area (Å²) in [6, 6.07) is 0. The lowest BCUT2D eigenvalue weighted by atomic mass is 10.8. The minimum Gasteiger partial charge on any atom is -0.316 e. The first-order valence-corrected chi connectivity index (χ1v) is 2.33. The number of nitrogens with one attached hydrogen (secondary N) is 1. The van der Waals surface area contributed by atoms with Gasteiger partial charge in [-0.05, 0) is 12.9 Å². The number of hydroxylamine groups is 1. The molecule has 0 amide bonds. The molecule has 0 bridgehead atoms. The van der Waals surface area contributed by atoms with Crippen LogP contribution in [0.5, 0.6) is 0 Å². The van der Waals surface area contributed by atoms with Crippen molar-refractivity contribution < 1.29 is 9.02 Å². The first kappa shape index (κ1) is 7.23. The van der Waals surface area contributed by atoms with Crippen molar-refractivity contribution in [1.29, 1.82) is 0 Å². The van der Waals surface area contributed by atoms with E-state index < -0.39 is 0 Å². The predicted octanol–water partition coefficient (Wildman–Crippen LogP) is -0.00120. The van der Waals surface area contributed by atoms with Crippen molar-refractivity contribution in [3.8, 4) is 0 Å². The topological polar surface area (TPSA) is 30.5 Å².